The van der Waals surface area contributed by atoms with E-state index < -0.39 is 23.5 Å². The second-order valence-corrected chi connectivity index (χ2v) is 4.81. The average molecular weight is 285 g/mol. The van der Waals surface area contributed by atoms with Crippen molar-refractivity contribution in [3.05, 3.63) is 40.2 Å². The average Bonchev–Trinajstić information content (AvgIpc) is 2.24. The van der Waals surface area contributed by atoms with Crippen LogP contribution < -0.4 is 0 Å². The second kappa shape index (κ2) is 4.66. The van der Waals surface area contributed by atoms with E-state index in [9.17, 15) is 14.0 Å². The lowest BCUT2D eigenvalue weighted by Crippen LogP contribution is -2.41. The molecule has 4 nitrogen and oxygen atoms in total. The zero-order valence-corrected chi connectivity index (χ0v) is 11.0. The number of halogens is 2. The van der Waals surface area contributed by atoms with Crippen molar-refractivity contribution >= 4 is 29.6 Å². The molecule has 0 amide bonds. The lowest BCUT2D eigenvalue weighted by atomic mass is 10.1. The van der Waals surface area contributed by atoms with Crippen LogP contribution in [-0.2, 0) is 19.1 Å². The Morgan fingerprint density at radius 2 is 1.79 bits per heavy atom. The van der Waals surface area contributed by atoms with Crippen LogP contribution in [-0.4, -0.2) is 17.7 Å². The Bertz CT molecular complexity index is 570. The second-order valence-electron chi connectivity index (χ2n) is 4.40. The monoisotopic (exact) mass is 284 g/mol. The fourth-order valence-electron chi connectivity index (χ4n) is 1.55. The molecule has 0 atom stereocenters. The van der Waals surface area contributed by atoms with Crippen LogP contribution in [0.2, 0.25) is 5.02 Å². The van der Waals surface area contributed by atoms with Gasteiger partial charge in [-0.15, -0.1) is 0 Å². The number of carbonyl (C=O) groups is 2. The minimum Gasteiger partial charge on any atom is -0.419 e. The van der Waals surface area contributed by atoms with Crippen molar-refractivity contribution in [1.29, 1.82) is 0 Å². The maximum atomic E-state index is 12.9. The molecule has 0 bridgehead atoms. The van der Waals surface area contributed by atoms with Gasteiger partial charge in [-0.1, -0.05) is 17.7 Å². The summed E-state index contributed by atoms with van der Waals surface area (Å²) in [6.07, 6.45) is 1.21. The summed E-state index contributed by atoms with van der Waals surface area (Å²) in [5.74, 6) is -3.41. The number of rotatable bonds is 1. The highest BCUT2D eigenvalue weighted by atomic mass is 35.5. The van der Waals surface area contributed by atoms with Crippen LogP contribution in [0.15, 0.2) is 23.8 Å². The van der Waals surface area contributed by atoms with E-state index in [0.29, 0.717) is 5.56 Å². The van der Waals surface area contributed by atoms with E-state index in [1.807, 2.05) is 0 Å². The largest absolute Gasteiger partial charge is 0.419 e. The molecular formula is C13H10ClFO4. The Balaban J connectivity index is 2.38. The maximum absolute atomic E-state index is 12.9. The van der Waals surface area contributed by atoms with E-state index in [1.165, 1.54) is 32.1 Å². The SMILES string of the molecule is CC1(C)OC(=O)C(=Cc2ccc(F)cc2Cl)C(=O)O1. The van der Waals surface area contributed by atoms with Gasteiger partial charge < -0.3 is 9.47 Å². The number of ether oxygens (including phenoxy) is 2. The van der Waals surface area contributed by atoms with E-state index >= 15 is 0 Å². The standard InChI is InChI=1S/C13H10ClFO4/c1-13(2)18-11(16)9(12(17)19-13)5-7-3-4-8(15)6-10(7)14/h3-6H,1-2H3. The van der Waals surface area contributed by atoms with Gasteiger partial charge in [-0.05, 0) is 23.8 Å². The Morgan fingerprint density at radius 3 is 2.32 bits per heavy atom. The molecule has 1 saturated heterocycles. The van der Waals surface area contributed by atoms with Gasteiger partial charge in [-0.2, -0.15) is 0 Å². The molecule has 1 fully saturated rings. The molecule has 1 heterocycles. The van der Waals surface area contributed by atoms with Gasteiger partial charge in [0.15, 0.2) is 0 Å². The van der Waals surface area contributed by atoms with Gasteiger partial charge in [-0.25, -0.2) is 14.0 Å². The first-order valence-corrected chi connectivity index (χ1v) is 5.80. The van der Waals surface area contributed by atoms with Crippen molar-refractivity contribution in [2.75, 3.05) is 0 Å². The number of hydrogen-bond acceptors (Lipinski definition) is 4. The Morgan fingerprint density at radius 1 is 1.21 bits per heavy atom. The lowest BCUT2D eigenvalue weighted by Gasteiger charge is -2.29. The number of hydrogen-bond donors (Lipinski definition) is 0. The highest BCUT2D eigenvalue weighted by Gasteiger charge is 2.38. The first kappa shape index (κ1) is 13.5. The van der Waals surface area contributed by atoms with Gasteiger partial charge >= 0.3 is 11.9 Å². The summed E-state index contributed by atoms with van der Waals surface area (Å²) >= 11 is 5.81. The summed E-state index contributed by atoms with van der Waals surface area (Å²) in [5.41, 5.74) is 0.0412. The Hall–Kier alpha value is -1.88. The van der Waals surface area contributed by atoms with Crippen LogP contribution in [0, 0.1) is 5.82 Å². The Labute approximate surface area is 113 Å². The summed E-state index contributed by atoms with van der Waals surface area (Å²) in [7, 11) is 0. The van der Waals surface area contributed by atoms with Gasteiger partial charge in [0.25, 0.3) is 5.79 Å². The van der Waals surface area contributed by atoms with Crippen LogP contribution >= 0.6 is 11.6 Å². The molecule has 100 valence electrons. The van der Waals surface area contributed by atoms with Crippen molar-refractivity contribution in [3.63, 3.8) is 0 Å². The molecule has 2 rings (SSSR count). The zero-order valence-electron chi connectivity index (χ0n) is 10.2. The normalized spacial score (nSPS) is 17.8. The van der Waals surface area contributed by atoms with Crippen LogP contribution in [0.4, 0.5) is 4.39 Å². The number of benzene rings is 1. The van der Waals surface area contributed by atoms with Crippen LogP contribution in [0.3, 0.4) is 0 Å². The van der Waals surface area contributed by atoms with Gasteiger partial charge in [0.1, 0.15) is 11.4 Å². The number of cyclic esters (lactones) is 2. The number of esters is 2. The Kier molecular flexibility index (Phi) is 3.32. The van der Waals surface area contributed by atoms with Crippen LogP contribution in [0.1, 0.15) is 19.4 Å². The van der Waals surface area contributed by atoms with Crippen LogP contribution in [0.25, 0.3) is 6.08 Å². The fourth-order valence-corrected chi connectivity index (χ4v) is 1.77. The highest BCUT2D eigenvalue weighted by molar-refractivity contribution is 6.32. The minimum atomic E-state index is -1.29. The third-order valence-electron chi connectivity index (χ3n) is 2.38. The quantitative estimate of drug-likeness (QED) is 0.452. The van der Waals surface area contributed by atoms with E-state index in [1.54, 1.807) is 0 Å². The molecule has 0 spiro atoms. The number of carbonyl (C=O) groups excluding carboxylic acids is 2. The van der Waals surface area contributed by atoms with Crippen molar-refractivity contribution in [1.82, 2.24) is 0 Å². The molecule has 19 heavy (non-hydrogen) atoms. The topological polar surface area (TPSA) is 52.6 Å². The summed E-state index contributed by atoms with van der Waals surface area (Å²) in [5, 5.41) is 0.0814. The lowest BCUT2D eigenvalue weighted by molar-refractivity contribution is -0.222. The van der Waals surface area contributed by atoms with E-state index in [0.717, 1.165) is 6.07 Å². The third kappa shape index (κ3) is 2.93. The van der Waals surface area contributed by atoms with E-state index in [4.69, 9.17) is 21.1 Å². The molecule has 0 aromatic heterocycles. The van der Waals surface area contributed by atoms with Crippen molar-refractivity contribution < 1.29 is 23.5 Å². The molecule has 0 N–H and O–H groups in total. The molecule has 1 aromatic rings. The molecule has 6 heteroatoms. The molecular weight excluding hydrogens is 275 g/mol. The molecule has 1 aliphatic rings. The van der Waals surface area contributed by atoms with Gasteiger partial charge in [-0.3, -0.25) is 0 Å². The van der Waals surface area contributed by atoms with E-state index in [2.05, 4.69) is 0 Å². The van der Waals surface area contributed by atoms with Gasteiger partial charge in [0, 0.05) is 13.8 Å². The van der Waals surface area contributed by atoms with Crippen molar-refractivity contribution in [2.45, 2.75) is 19.6 Å². The maximum Gasteiger partial charge on any atom is 0.348 e. The summed E-state index contributed by atoms with van der Waals surface area (Å²) in [6, 6.07) is 3.60. The van der Waals surface area contributed by atoms with Crippen molar-refractivity contribution in [2.24, 2.45) is 0 Å². The smallest absolute Gasteiger partial charge is 0.348 e. The highest BCUT2D eigenvalue weighted by Crippen LogP contribution is 2.26. The minimum absolute atomic E-state index is 0.0814. The predicted octanol–water partition coefficient (Wildman–Crippen LogP) is 2.70. The molecule has 0 aliphatic carbocycles. The third-order valence-corrected chi connectivity index (χ3v) is 2.71. The summed E-state index contributed by atoms with van der Waals surface area (Å²) in [6.45, 7) is 2.90. The first-order valence-electron chi connectivity index (χ1n) is 5.42. The summed E-state index contributed by atoms with van der Waals surface area (Å²) in [4.78, 5) is 23.4. The molecule has 1 aromatic carbocycles. The molecule has 1 aliphatic heterocycles. The molecule has 0 unspecified atom stereocenters. The fraction of sp³-hybridized carbons (Fsp3) is 0.231. The van der Waals surface area contributed by atoms with Crippen LogP contribution in [0.5, 0.6) is 0 Å². The van der Waals surface area contributed by atoms with Gasteiger partial charge in [0.05, 0.1) is 5.02 Å². The van der Waals surface area contributed by atoms with Gasteiger partial charge in [0.2, 0.25) is 0 Å². The zero-order chi connectivity index (χ0) is 14.2. The molecule has 0 radical (unpaired) electrons. The predicted molar refractivity (Wildman–Crippen MR) is 65.7 cm³/mol. The molecule has 0 saturated carbocycles. The first-order chi connectivity index (χ1) is 8.78. The summed E-state index contributed by atoms with van der Waals surface area (Å²) < 4.78 is 22.7. The van der Waals surface area contributed by atoms with E-state index in [-0.39, 0.29) is 10.6 Å². The van der Waals surface area contributed by atoms with Crippen molar-refractivity contribution in [3.8, 4) is 0 Å².